The van der Waals surface area contributed by atoms with Crippen LogP contribution >= 0.6 is 35.3 Å². The fourth-order valence-corrected chi connectivity index (χ4v) is 3.94. The Hall–Kier alpha value is -1.18. The Morgan fingerprint density at radius 2 is 2.16 bits per heavy atom. The summed E-state index contributed by atoms with van der Waals surface area (Å²) in [5, 5.41) is 4.13. The van der Waals surface area contributed by atoms with Crippen molar-refractivity contribution >= 4 is 41.3 Å². The van der Waals surface area contributed by atoms with Gasteiger partial charge < -0.3 is 4.74 Å². The van der Waals surface area contributed by atoms with Crippen LogP contribution in [-0.2, 0) is 9.53 Å². The minimum atomic E-state index is -0.297. The van der Waals surface area contributed by atoms with Gasteiger partial charge in [0, 0.05) is 0 Å². The van der Waals surface area contributed by atoms with Crippen LogP contribution in [0.5, 0.6) is 0 Å². The summed E-state index contributed by atoms with van der Waals surface area (Å²) in [5.74, 6) is -0.266. The van der Waals surface area contributed by atoms with Gasteiger partial charge in [-0.1, -0.05) is 41.3 Å². The molecule has 19 heavy (non-hydrogen) atoms. The van der Waals surface area contributed by atoms with Crippen LogP contribution < -0.4 is 0 Å². The Balaban J connectivity index is 2.23. The molecular formula is C12H12N2O2S3. The summed E-state index contributed by atoms with van der Waals surface area (Å²) in [7, 11) is 1.38. The molecular weight excluding hydrogens is 300 g/mol. The molecule has 100 valence electrons. The third-order valence-corrected chi connectivity index (χ3v) is 4.74. The molecule has 0 bridgehead atoms. The molecule has 0 saturated carbocycles. The Morgan fingerprint density at radius 3 is 2.79 bits per heavy atom. The largest absolute Gasteiger partial charge is 0.468 e. The summed E-state index contributed by atoms with van der Waals surface area (Å²) in [6, 6.07) is 9.68. The summed E-state index contributed by atoms with van der Waals surface area (Å²) in [4.78, 5) is 11.4. The standard InChI is InChI=1S/C12H12N2O2S3/c1-8(10(15)16-2)18-11-13-14(12(17)19-11)9-6-4-3-5-7-9/h3-8H,1-2H3. The second-order valence-electron chi connectivity index (χ2n) is 3.66. The molecule has 1 aromatic heterocycles. The van der Waals surface area contributed by atoms with Crippen molar-refractivity contribution < 1.29 is 9.53 Å². The van der Waals surface area contributed by atoms with Crippen molar-refractivity contribution in [1.82, 2.24) is 9.78 Å². The number of methoxy groups -OCH3 is 1. The quantitative estimate of drug-likeness (QED) is 0.492. The number of thioether (sulfide) groups is 1. The zero-order valence-electron chi connectivity index (χ0n) is 10.4. The molecule has 7 heteroatoms. The molecule has 4 nitrogen and oxygen atoms in total. The van der Waals surface area contributed by atoms with Crippen molar-refractivity contribution in [3.63, 3.8) is 0 Å². The van der Waals surface area contributed by atoms with Crippen molar-refractivity contribution in [1.29, 1.82) is 0 Å². The number of carbonyl (C=O) groups is 1. The molecule has 1 aromatic carbocycles. The van der Waals surface area contributed by atoms with Crippen LogP contribution in [0.25, 0.3) is 5.69 Å². The Kier molecular flexibility index (Phi) is 4.73. The summed E-state index contributed by atoms with van der Waals surface area (Å²) >= 11 is 8.03. The molecule has 0 radical (unpaired) electrons. The highest BCUT2D eigenvalue weighted by Gasteiger charge is 2.17. The number of rotatable bonds is 4. The minimum absolute atomic E-state index is 0.266. The molecule has 2 rings (SSSR count). The fourth-order valence-electron chi connectivity index (χ4n) is 1.41. The minimum Gasteiger partial charge on any atom is -0.468 e. The molecule has 0 aliphatic carbocycles. The molecule has 0 amide bonds. The monoisotopic (exact) mass is 312 g/mol. The van der Waals surface area contributed by atoms with E-state index in [1.54, 1.807) is 11.6 Å². The van der Waals surface area contributed by atoms with E-state index in [9.17, 15) is 4.79 Å². The maximum Gasteiger partial charge on any atom is 0.318 e. The lowest BCUT2D eigenvalue weighted by Gasteiger charge is -2.05. The lowest BCUT2D eigenvalue weighted by Crippen LogP contribution is -2.14. The van der Waals surface area contributed by atoms with Gasteiger partial charge in [-0.25, -0.2) is 4.68 Å². The van der Waals surface area contributed by atoms with E-state index in [1.165, 1.54) is 30.2 Å². The smallest absolute Gasteiger partial charge is 0.318 e. The average Bonchev–Trinajstić information content (AvgIpc) is 2.79. The van der Waals surface area contributed by atoms with Crippen molar-refractivity contribution in [2.45, 2.75) is 16.5 Å². The van der Waals surface area contributed by atoms with Crippen LogP contribution in [0.15, 0.2) is 34.7 Å². The van der Waals surface area contributed by atoms with E-state index >= 15 is 0 Å². The van der Waals surface area contributed by atoms with Gasteiger partial charge in [0.25, 0.3) is 0 Å². The van der Waals surface area contributed by atoms with Gasteiger partial charge in [-0.05, 0) is 31.3 Å². The molecule has 1 heterocycles. The van der Waals surface area contributed by atoms with Gasteiger partial charge in [0.1, 0.15) is 5.25 Å². The van der Waals surface area contributed by atoms with Crippen molar-refractivity contribution in [3.05, 3.63) is 34.3 Å². The Bertz CT molecular complexity index is 621. The van der Waals surface area contributed by atoms with Crippen molar-refractivity contribution in [3.8, 4) is 5.69 Å². The third kappa shape index (κ3) is 3.43. The molecule has 0 spiro atoms. The second kappa shape index (κ2) is 6.31. The highest BCUT2D eigenvalue weighted by Crippen LogP contribution is 2.28. The summed E-state index contributed by atoms with van der Waals surface area (Å²) in [6.07, 6.45) is 0. The van der Waals surface area contributed by atoms with Gasteiger partial charge in [0.2, 0.25) is 0 Å². The maximum atomic E-state index is 11.4. The number of ether oxygens (including phenoxy) is 1. The van der Waals surface area contributed by atoms with Crippen LogP contribution in [0.1, 0.15) is 6.92 Å². The number of carbonyl (C=O) groups excluding carboxylic acids is 1. The first-order valence-electron chi connectivity index (χ1n) is 5.52. The molecule has 1 atom stereocenters. The molecule has 0 fully saturated rings. The van der Waals surface area contributed by atoms with Gasteiger partial charge >= 0.3 is 5.97 Å². The summed E-state index contributed by atoms with van der Waals surface area (Å²) in [5.41, 5.74) is 0.918. The van der Waals surface area contributed by atoms with Crippen molar-refractivity contribution in [2.75, 3.05) is 7.11 Å². The van der Waals surface area contributed by atoms with Gasteiger partial charge in [0.05, 0.1) is 12.8 Å². The molecule has 0 N–H and O–H groups in total. The number of hydrogen-bond acceptors (Lipinski definition) is 6. The summed E-state index contributed by atoms with van der Waals surface area (Å²) < 4.78 is 7.81. The first-order valence-corrected chi connectivity index (χ1v) is 7.62. The Labute approximate surface area is 124 Å². The lowest BCUT2D eigenvalue weighted by molar-refractivity contribution is -0.139. The maximum absolute atomic E-state index is 11.4. The predicted octanol–water partition coefficient (Wildman–Crippen LogP) is 3.32. The SMILES string of the molecule is COC(=O)C(C)Sc1nn(-c2ccccc2)c(=S)s1. The number of aromatic nitrogens is 2. The van der Waals surface area contributed by atoms with E-state index in [-0.39, 0.29) is 11.2 Å². The number of nitrogens with zero attached hydrogens (tertiary/aromatic N) is 2. The van der Waals surface area contributed by atoms with E-state index in [4.69, 9.17) is 17.0 Å². The van der Waals surface area contributed by atoms with E-state index in [0.717, 1.165) is 10.0 Å². The number of para-hydroxylation sites is 1. The number of benzene rings is 1. The fraction of sp³-hybridized carbons (Fsp3) is 0.250. The number of hydrogen-bond donors (Lipinski definition) is 0. The first kappa shape index (κ1) is 14.2. The van der Waals surface area contributed by atoms with Gasteiger partial charge in [-0.15, -0.1) is 5.10 Å². The third-order valence-electron chi connectivity index (χ3n) is 2.34. The van der Waals surface area contributed by atoms with E-state index in [1.807, 2.05) is 30.3 Å². The molecule has 0 aliphatic heterocycles. The van der Waals surface area contributed by atoms with Crippen LogP contribution in [0.3, 0.4) is 0 Å². The average molecular weight is 312 g/mol. The topological polar surface area (TPSA) is 44.1 Å². The molecule has 1 unspecified atom stereocenters. The lowest BCUT2D eigenvalue weighted by atomic mass is 10.3. The first-order chi connectivity index (χ1) is 9.11. The van der Waals surface area contributed by atoms with E-state index in [2.05, 4.69) is 5.10 Å². The van der Waals surface area contributed by atoms with E-state index in [0.29, 0.717) is 3.95 Å². The van der Waals surface area contributed by atoms with Crippen LogP contribution in [0, 0.1) is 3.95 Å². The zero-order chi connectivity index (χ0) is 13.8. The van der Waals surface area contributed by atoms with Gasteiger partial charge in [-0.3, -0.25) is 4.79 Å². The summed E-state index contributed by atoms with van der Waals surface area (Å²) in [6.45, 7) is 1.79. The van der Waals surface area contributed by atoms with Crippen LogP contribution in [0.4, 0.5) is 0 Å². The van der Waals surface area contributed by atoms with Gasteiger partial charge in [0.15, 0.2) is 8.29 Å². The van der Waals surface area contributed by atoms with Gasteiger partial charge in [-0.2, -0.15) is 0 Å². The van der Waals surface area contributed by atoms with E-state index < -0.39 is 0 Å². The zero-order valence-corrected chi connectivity index (χ0v) is 12.8. The normalized spacial score (nSPS) is 12.1. The molecule has 0 aliphatic rings. The molecule has 2 aromatic rings. The second-order valence-corrected chi connectivity index (χ2v) is 6.88. The van der Waals surface area contributed by atoms with Crippen LogP contribution in [0.2, 0.25) is 0 Å². The highest BCUT2D eigenvalue weighted by molar-refractivity contribution is 8.02. The van der Waals surface area contributed by atoms with Crippen LogP contribution in [-0.4, -0.2) is 28.1 Å². The van der Waals surface area contributed by atoms with Crippen molar-refractivity contribution in [2.24, 2.45) is 0 Å². The Morgan fingerprint density at radius 1 is 1.47 bits per heavy atom. The highest BCUT2D eigenvalue weighted by atomic mass is 32.2. The molecule has 0 saturated heterocycles. The number of esters is 1. The predicted molar refractivity (Wildman–Crippen MR) is 79.6 cm³/mol.